The van der Waals surface area contributed by atoms with Gasteiger partial charge in [-0.15, -0.1) is 0 Å². The summed E-state index contributed by atoms with van der Waals surface area (Å²) in [5.41, 5.74) is -0.0923. The molecule has 0 spiro atoms. The summed E-state index contributed by atoms with van der Waals surface area (Å²) in [4.78, 5) is 13.2. The van der Waals surface area contributed by atoms with E-state index >= 15 is 0 Å². The Morgan fingerprint density at radius 2 is 1.54 bits per heavy atom. The average molecular weight is 760 g/mol. The number of hydrogen-bond acceptors (Lipinski definition) is 3. The van der Waals surface area contributed by atoms with E-state index in [1.54, 1.807) is 6.07 Å². The van der Waals surface area contributed by atoms with Crippen LogP contribution in [0.1, 0.15) is 18.1 Å². The molecule has 1 aliphatic heterocycles. The lowest BCUT2D eigenvalue weighted by Gasteiger charge is -2.16. The van der Waals surface area contributed by atoms with Crippen LogP contribution in [0.2, 0.25) is 0 Å². The van der Waals surface area contributed by atoms with Crippen LogP contribution in [0.5, 0.6) is 5.75 Å². The molecule has 1 amide bonds. The molecule has 0 atom stereocenters. The molecule has 39 heavy (non-hydrogen) atoms. The quantitative estimate of drug-likeness (QED) is 0.0679. The predicted octanol–water partition coefficient (Wildman–Crippen LogP) is 8.13. The molecule has 0 saturated carbocycles. The third-order valence-electron chi connectivity index (χ3n) is 6.05. The molecular formula is C28H15F5I2N2O2. The number of fused-ring (bicyclic) bond motifs is 1. The van der Waals surface area contributed by atoms with E-state index in [2.05, 4.69) is 50.3 Å². The maximum absolute atomic E-state index is 14.4. The maximum Gasteiger partial charge on any atom is 0.280 e. The van der Waals surface area contributed by atoms with E-state index in [9.17, 15) is 26.7 Å². The Morgan fingerprint density at radius 3 is 2.26 bits per heavy atom. The molecule has 198 valence electrons. The molecule has 0 saturated heterocycles. The SMILES string of the molecule is CC1=NN(c2c(F)c(F)c(F)c(F)c2F)C(=O)/C1=C\c1cc(I)cc(I)c1OCc1cccc2ccccc12. The number of hydrogen-bond donors (Lipinski definition) is 0. The lowest BCUT2D eigenvalue weighted by atomic mass is 10.0. The van der Waals surface area contributed by atoms with Gasteiger partial charge in [-0.25, -0.2) is 22.0 Å². The molecule has 0 unspecified atom stereocenters. The van der Waals surface area contributed by atoms with Gasteiger partial charge < -0.3 is 4.74 Å². The van der Waals surface area contributed by atoms with Crippen molar-refractivity contribution in [3.05, 3.63) is 108 Å². The van der Waals surface area contributed by atoms with Crippen molar-refractivity contribution in [2.75, 3.05) is 5.01 Å². The number of amides is 1. The second-order valence-electron chi connectivity index (χ2n) is 8.51. The summed E-state index contributed by atoms with van der Waals surface area (Å²) in [7, 11) is 0. The second kappa shape index (κ2) is 10.8. The first-order valence-corrected chi connectivity index (χ1v) is 13.5. The number of nitrogens with zero attached hydrogens (tertiary/aromatic N) is 2. The molecule has 4 aromatic carbocycles. The van der Waals surface area contributed by atoms with Crippen molar-refractivity contribution in [2.45, 2.75) is 13.5 Å². The van der Waals surface area contributed by atoms with E-state index in [0.717, 1.165) is 23.5 Å². The van der Waals surface area contributed by atoms with Gasteiger partial charge in [0.15, 0.2) is 23.3 Å². The number of halogens is 7. The zero-order valence-corrected chi connectivity index (χ0v) is 24.2. The average Bonchev–Trinajstić information content (AvgIpc) is 3.18. The van der Waals surface area contributed by atoms with Crippen LogP contribution in [0, 0.1) is 36.2 Å². The molecule has 1 aliphatic rings. The molecule has 4 nitrogen and oxygen atoms in total. The highest BCUT2D eigenvalue weighted by Gasteiger charge is 2.37. The van der Waals surface area contributed by atoms with E-state index in [1.807, 2.05) is 48.5 Å². The number of anilines is 1. The van der Waals surface area contributed by atoms with Crippen LogP contribution in [0.25, 0.3) is 16.8 Å². The molecule has 0 bridgehead atoms. The summed E-state index contributed by atoms with van der Waals surface area (Å²) in [5.74, 6) is -11.6. The fourth-order valence-corrected chi connectivity index (χ4v) is 6.22. The third kappa shape index (κ3) is 5.01. The lowest BCUT2D eigenvalue weighted by molar-refractivity contribution is -0.114. The van der Waals surface area contributed by atoms with Crippen LogP contribution >= 0.6 is 45.2 Å². The smallest absolute Gasteiger partial charge is 0.280 e. The minimum Gasteiger partial charge on any atom is -0.487 e. The fraction of sp³-hybridized carbons (Fsp3) is 0.0714. The van der Waals surface area contributed by atoms with Crippen LogP contribution in [0.4, 0.5) is 27.6 Å². The first kappa shape index (κ1) is 27.5. The zero-order valence-electron chi connectivity index (χ0n) is 19.8. The molecule has 0 aliphatic carbocycles. The van der Waals surface area contributed by atoms with Gasteiger partial charge in [0, 0.05) is 9.13 Å². The van der Waals surface area contributed by atoms with Crippen LogP contribution in [0.3, 0.4) is 0 Å². The van der Waals surface area contributed by atoms with Crippen molar-refractivity contribution in [1.29, 1.82) is 0 Å². The first-order valence-electron chi connectivity index (χ1n) is 11.3. The van der Waals surface area contributed by atoms with E-state index in [-0.39, 0.29) is 22.9 Å². The van der Waals surface area contributed by atoms with Gasteiger partial charge in [-0.3, -0.25) is 4.79 Å². The minimum absolute atomic E-state index is 0.0258. The van der Waals surface area contributed by atoms with Crippen LogP contribution < -0.4 is 9.75 Å². The molecule has 1 heterocycles. The number of carbonyl (C=O) groups is 1. The zero-order chi connectivity index (χ0) is 28.0. The summed E-state index contributed by atoms with van der Waals surface area (Å²) >= 11 is 4.19. The van der Waals surface area contributed by atoms with E-state index in [1.165, 1.54) is 13.0 Å². The largest absolute Gasteiger partial charge is 0.487 e. The van der Waals surface area contributed by atoms with Crippen molar-refractivity contribution in [3.63, 3.8) is 0 Å². The Bertz CT molecular complexity index is 1710. The van der Waals surface area contributed by atoms with E-state index in [4.69, 9.17) is 4.74 Å². The highest BCUT2D eigenvalue weighted by atomic mass is 127. The second-order valence-corrected chi connectivity index (χ2v) is 10.9. The van der Waals surface area contributed by atoms with Gasteiger partial charge in [-0.1, -0.05) is 42.5 Å². The Morgan fingerprint density at radius 1 is 0.897 bits per heavy atom. The standard InChI is InChI=1S/C28H15F5I2N2O2/c1-13-19(28(38)37(36-13)26-24(32)22(30)21(29)23(31)25(26)33)10-16-9-17(34)11-20(35)27(16)39-12-15-7-4-6-14-5-2-3-8-18(14)15/h2-11H,12H2,1H3/b19-10-. The molecule has 5 rings (SSSR count). The Labute approximate surface area is 246 Å². The summed E-state index contributed by atoms with van der Waals surface area (Å²) in [5, 5.41) is 6.06. The Hall–Kier alpha value is -3.07. The van der Waals surface area contributed by atoms with Gasteiger partial charge in [0.05, 0.1) is 14.9 Å². The van der Waals surface area contributed by atoms with E-state index in [0.29, 0.717) is 11.3 Å². The number of benzene rings is 4. The molecule has 0 fully saturated rings. The van der Waals surface area contributed by atoms with Gasteiger partial charge in [-0.2, -0.15) is 10.1 Å². The van der Waals surface area contributed by atoms with Gasteiger partial charge in [0.2, 0.25) is 5.82 Å². The number of hydrazone groups is 1. The highest BCUT2D eigenvalue weighted by molar-refractivity contribution is 14.1. The summed E-state index contributed by atoms with van der Waals surface area (Å²) < 4.78 is 77.8. The Kier molecular flexibility index (Phi) is 7.64. The Balaban J connectivity index is 1.53. The van der Waals surface area contributed by atoms with Crippen molar-refractivity contribution >= 4 is 79.3 Å². The number of carbonyl (C=O) groups excluding carboxylic acids is 1. The monoisotopic (exact) mass is 760 g/mol. The highest BCUT2D eigenvalue weighted by Crippen LogP contribution is 2.36. The predicted molar refractivity (Wildman–Crippen MR) is 155 cm³/mol. The van der Waals surface area contributed by atoms with E-state index < -0.39 is 40.7 Å². The van der Waals surface area contributed by atoms with Crippen molar-refractivity contribution in [1.82, 2.24) is 0 Å². The van der Waals surface area contributed by atoms with Crippen molar-refractivity contribution in [2.24, 2.45) is 5.10 Å². The summed E-state index contributed by atoms with van der Waals surface area (Å²) in [6.07, 6.45) is 1.43. The topological polar surface area (TPSA) is 41.9 Å². The minimum atomic E-state index is -2.32. The number of ether oxygens (including phenoxy) is 1. The van der Waals surface area contributed by atoms with Gasteiger partial charge in [0.1, 0.15) is 18.0 Å². The summed E-state index contributed by atoms with van der Waals surface area (Å²) in [6, 6.07) is 17.3. The molecule has 0 aromatic heterocycles. The van der Waals surface area contributed by atoms with Crippen LogP contribution in [0.15, 0.2) is 65.3 Å². The first-order chi connectivity index (χ1) is 18.6. The van der Waals surface area contributed by atoms with Gasteiger partial charge in [-0.05, 0) is 86.7 Å². The molecule has 11 heteroatoms. The molecule has 4 aromatic rings. The van der Waals surface area contributed by atoms with Crippen molar-refractivity contribution in [3.8, 4) is 5.75 Å². The third-order valence-corrected chi connectivity index (χ3v) is 7.47. The molecular weight excluding hydrogens is 745 g/mol. The number of rotatable bonds is 5. The maximum atomic E-state index is 14.4. The van der Waals surface area contributed by atoms with Crippen LogP contribution in [-0.2, 0) is 11.4 Å². The fourth-order valence-electron chi connectivity index (χ4n) is 4.18. The van der Waals surface area contributed by atoms with Crippen LogP contribution in [-0.4, -0.2) is 11.6 Å². The van der Waals surface area contributed by atoms with Gasteiger partial charge >= 0.3 is 0 Å². The summed E-state index contributed by atoms with van der Waals surface area (Å²) in [6.45, 7) is 1.61. The molecule has 0 radical (unpaired) electrons. The molecule has 0 N–H and O–H groups in total. The normalized spacial score (nSPS) is 14.5. The lowest BCUT2D eigenvalue weighted by Crippen LogP contribution is -2.25. The van der Waals surface area contributed by atoms with Gasteiger partial charge in [0.25, 0.3) is 5.91 Å². The van der Waals surface area contributed by atoms with Crippen molar-refractivity contribution < 1.29 is 31.5 Å².